The SMILES string of the molecule is CCC(=O)N1CCN(c2ccc(Cl)cc2NC(=O)c2ccco2)CC1. The normalized spacial score (nSPS) is 14.5. The molecule has 0 radical (unpaired) electrons. The number of nitrogens with zero attached hydrogens (tertiary/aromatic N) is 2. The van der Waals surface area contributed by atoms with Gasteiger partial charge in [-0.25, -0.2) is 0 Å². The highest BCUT2D eigenvalue weighted by Crippen LogP contribution is 2.30. The first-order chi connectivity index (χ1) is 12.1. The highest BCUT2D eigenvalue weighted by atomic mass is 35.5. The Kier molecular flexibility index (Phi) is 5.28. The fourth-order valence-corrected chi connectivity index (χ4v) is 3.07. The summed E-state index contributed by atoms with van der Waals surface area (Å²) in [6, 6.07) is 8.67. The van der Waals surface area contributed by atoms with Crippen LogP contribution in [0.2, 0.25) is 5.02 Å². The monoisotopic (exact) mass is 361 g/mol. The number of rotatable bonds is 4. The number of benzene rings is 1. The molecule has 3 rings (SSSR count). The van der Waals surface area contributed by atoms with E-state index in [-0.39, 0.29) is 17.6 Å². The van der Waals surface area contributed by atoms with Crippen LogP contribution in [0, 0.1) is 0 Å². The number of anilines is 2. The van der Waals surface area contributed by atoms with Crippen LogP contribution < -0.4 is 10.2 Å². The third kappa shape index (κ3) is 3.96. The van der Waals surface area contributed by atoms with Crippen molar-refractivity contribution in [1.82, 2.24) is 4.90 Å². The third-order valence-electron chi connectivity index (χ3n) is 4.23. The van der Waals surface area contributed by atoms with Crippen LogP contribution in [0.25, 0.3) is 0 Å². The molecule has 0 saturated carbocycles. The van der Waals surface area contributed by atoms with Gasteiger partial charge in [-0.05, 0) is 30.3 Å². The molecule has 7 heteroatoms. The highest BCUT2D eigenvalue weighted by Gasteiger charge is 2.22. The molecule has 1 aromatic heterocycles. The van der Waals surface area contributed by atoms with E-state index in [0.717, 1.165) is 5.69 Å². The van der Waals surface area contributed by atoms with Crippen LogP contribution in [-0.4, -0.2) is 42.9 Å². The van der Waals surface area contributed by atoms with Gasteiger partial charge >= 0.3 is 0 Å². The predicted octanol–water partition coefficient (Wildman–Crippen LogP) is 3.24. The van der Waals surface area contributed by atoms with Gasteiger partial charge in [0.2, 0.25) is 5.91 Å². The molecule has 0 unspecified atom stereocenters. The van der Waals surface area contributed by atoms with Gasteiger partial charge in [0.1, 0.15) is 0 Å². The molecule has 25 heavy (non-hydrogen) atoms. The molecular weight excluding hydrogens is 342 g/mol. The number of hydrogen-bond donors (Lipinski definition) is 1. The van der Waals surface area contributed by atoms with Crippen LogP contribution in [0.3, 0.4) is 0 Å². The first-order valence-electron chi connectivity index (χ1n) is 8.25. The van der Waals surface area contributed by atoms with E-state index in [4.69, 9.17) is 16.0 Å². The van der Waals surface area contributed by atoms with Crippen molar-refractivity contribution in [2.75, 3.05) is 36.4 Å². The molecule has 2 aromatic rings. The Morgan fingerprint density at radius 3 is 2.60 bits per heavy atom. The summed E-state index contributed by atoms with van der Waals surface area (Å²) in [5.74, 6) is 0.0831. The van der Waals surface area contributed by atoms with Crippen molar-refractivity contribution in [2.24, 2.45) is 0 Å². The third-order valence-corrected chi connectivity index (χ3v) is 4.46. The summed E-state index contributed by atoms with van der Waals surface area (Å²) in [7, 11) is 0. The number of nitrogens with one attached hydrogen (secondary N) is 1. The summed E-state index contributed by atoms with van der Waals surface area (Å²) in [6.07, 6.45) is 1.98. The van der Waals surface area contributed by atoms with E-state index >= 15 is 0 Å². The standard InChI is InChI=1S/C18H20ClN3O3/c1-2-17(23)22-9-7-21(8-10-22)15-6-5-13(19)12-14(15)20-18(24)16-4-3-11-25-16/h3-6,11-12H,2,7-10H2,1H3,(H,20,24). The van der Waals surface area contributed by atoms with Crippen molar-refractivity contribution in [3.63, 3.8) is 0 Å². The van der Waals surface area contributed by atoms with E-state index in [9.17, 15) is 9.59 Å². The Morgan fingerprint density at radius 2 is 1.96 bits per heavy atom. The minimum atomic E-state index is -0.326. The predicted molar refractivity (Wildman–Crippen MR) is 97.2 cm³/mol. The largest absolute Gasteiger partial charge is 0.459 e. The number of carbonyl (C=O) groups is 2. The molecule has 2 amide bonds. The van der Waals surface area contributed by atoms with Gasteiger partial charge in [0, 0.05) is 37.6 Å². The van der Waals surface area contributed by atoms with Crippen molar-refractivity contribution in [3.8, 4) is 0 Å². The zero-order valence-electron chi connectivity index (χ0n) is 14.0. The summed E-state index contributed by atoms with van der Waals surface area (Å²) in [5.41, 5.74) is 1.51. The molecule has 2 heterocycles. The number of furan rings is 1. The maximum absolute atomic E-state index is 12.3. The second-order valence-electron chi connectivity index (χ2n) is 5.81. The molecular formula is C18H20ClN3O3. The lowest BCUT2D eigenvalue weighted by molar-refractivity contribution is -0.131. The zero-order chi connectivity index (χ0) is 17.8. The van der Waals surface area contributed by atoms with Gasteiger partial charge < -0.3 is 19.5 Å². The van der Waals surface area contributed by atoms with Gasteiger partial charge in [-0.2, -0.15) is 0 Å². The summed E-state index contributed by atoms with van der Waals surface area (Å²) in [4.78, 5) is 28.1. The van der Waals surface area contributed by atoms with E-state index in [0.29, 0.717) is 43.3 Å². The van der Waals surface area contributed by atoms with E-state index in [2.05, 4.69) is 10.2 Å². The Morgan fingerprint density at radius 1 is 1.20 bits per heavy atom. The number of hydrogen-bond acceptors (Lipinski definition) is 4. The highest BCUT2D eigenvalue weighted by molar-refractivity contribution is 6.31. The lowest BCUT2D eigenvalue weighted by Crippen LogP contribution is -2.48. The number of amides is 2. The first-order valence-corrected chi connectivity index (χ1v) is 8.63. The summed E-state index contributed by atoms with van der Waals surface area (Å²) in [5, 5.41) is 3.40. The van der Waals surface area contributed by atoms with E-state index in [1.807, 2.05) is 17.9 Å². The fourth-order valence-electron chi connectivity index (χ4n) is 2.90. The molecule has 132 valence electrons. The van der Waals surface area contributed by atoms with Crippen molar-refractivity contribution in [1.29, 1.82) is 0 Å². The number of halogens is 1. The van der Waals surface area contributed by atoms with Crippen molar-refractivity contribution in [3.05, 3.63) is 47.4 Å². The second kappa shape index (κ2) is 7.61. The van der Waals surface area contributed by atoms with Gasteiger partial charge in [0.25, 0.3) is 5.91 Å². The van der Waals surface area contributed by atoms with Gasteiger partial charge in [-0.1, -0.05) is 18.5 Å². The van der Waals surface area contributed by atoms with Crippen molar-refractivity contribution in [2.45, 2.75) is 13.3 Å². The average Bonchev–Trinajstić information content (AvgIpc) is 3.16. The molecule has 0 bridgehead atoms. The minimum Gasteiger partial charge on any atom is -0.459 e. The molecule has 6 nitrogen and oxygen atoms in total. The van der Waals surface area contributed by atoms with Gasteiger partial charge in [-0.15, -0.1) is 0 Å². The zero-order valence-corrected chi connectivity index (χ0v) is 14.8. The lowest BCUT2D eigenvalue weighted by atomic mass is 10.2. The van der Waals surface area contributed by atoms with Crippen LogP contribution in [0.5, 0.6) is 0 Å². The molecule has 1 aromatic carbocycles. The Hall–Kier alpha value is -2.47. The van der Waals surface area contributed by atoms with E-state index < -0.39 is 0 Å². The molecule has 1 aliphatic heterocycles. The maximum atomic E-state index is 12.3. The maximum Gasteiger partial charge on any atom is 0.291 e. The van der Waals surface area contributed by atoms with Gasteiger partial charge in [0.05, 0.1) is 17.6 Å². The Labute approximate surface area is 151 Å². The molecule has 1 aliphatic rings. The van der Waals surface area contributed by atoms with Crippen molar-refractivity contribution >= 4 is 34.8 Å². The van der Waals surface area contributed by atoms with Crippen LogP contribution in [0.15, 0.2) is 41.0 Å². The fraction of sp³-hybridized carbons (Fsp3) is 0.333. The van der Waals surface area contributed by atoms with E-state index in [1.165, 1.54) is 6.26 Å². The van der Waals surface area contributed by atoms with Gasteiger partial charge in [0.15, 0.2) is 5.76 Å². The number of carbonyl (C=O) groups excluding carboxylic acids is 2. The number of piperazine rings is 1. The summed E-state index contributed by atoms with van der Waals surface area (Å²) in [6.45, 7) is 4.62. The van der Waals surface area contributed by atoms with Crippen molar-refractivity contribution < 1.29 is 14.0 Å². The molecule has 0 spiro atoms. The molecule has 0 atom stereocenters. The summed E-state index contributed by atoms with van der Waals surface area (Å²) < 4.78 is 5.13. The Balaban J connectivity index is 1.76. The molecule has 0 aliphatic carbocycles. The lowest BCUT2D eigenvalue weighted by Gasteiger charge is -2.37. The smallest absolute Gasteiger partial charge is 0.291 e. The quantitative estimate of drug-likeness (QED) is 0.907. The van der Waals surface area contributed by atoms with Gasteiger partial charge in [-0.3, -0.25) is 9.59 Å². The molecule has 1 saturated heterocycles. The van der Waals surface area contributed by atoms with E-state index in [1.54, 1.807) is 24.3 Å². The van der Waals surface area contributed by atoms with Crippen LogP contribution in [0.4, 0.5) is 11.4 Å². The first kappa shape index (κ1) is 17.4. The Bertz CT molecular complexity index is 753. The van der Waals surface area contributed by atoms with Crippen LogP contribution in [0.1, 0.15) is 23.9 Å². The minimum absolute atomic E-state index is 0.169. The molecule has 1 fully saturated rings. The van der Waals surface area contributed by atoms with Crippen LogP contribution in [-0.2, 0) is 4.79 Å². The second-order valence-corrected chi connectivity index (χ2v) is 6.25. The topological polar surface area (TPSA) is 65.8 Å². The molecule has 1 N–H and O–H groups in total. The average molecular weight is 362 g/mol. The van der Waals surface area contributed by atoms with Crippen LogP contribution >= 0.6 is 11.6 Å². The summed E-state index contributed by atoms with van der Waals surface area (Å²) >= 11 is 6.10.